The van der Waals surface area contributed by atoms with E-state index in [0.29, 0.717) is 28.3 Å². The molecule has 0 aromatic heterocycles. The van der Waals surface area contributed by atoms with Crippen LogP contribution in [0.4, 0.5) is 11.4 Å². The number of ether oxygens (including phenoxy) is 1. The van der Waals surface area contributed by atoms with E-state index in [2.05, 4.69) is 0 Å². The van der Waals surface area contributed by atoms with Crippen molar-refractivity contribution in [3.05, 3.63) is 36.4 Å². The number of phenols is 1. The molecule has 0 aliphatic rings. The number of anilines is 2. The number of nitrogen functional groups attached to an aromatic ring is 2. The number of hydrogen-bond donors (Lipinski definition) is 3. The van der Waals surface area contributed by atoms with Crippen LogP contribution >= 0.6 is 0 Å². The van der Waals surface area contributed by atoms with Gasteiger partial charge in [-0.1, -0.05) is 6.07 Å². The Balaban J connectivity index is 2.67. The molecule has 4 heteroatoms. The van der Waals surface area contributed by atoms with Crippen LogP contribution in [0, 0.1) is 0 Å². The van der Waals surface area contributed by atoms with E-state index in [-0.39, 0.29) is 5.75 Å². The van der Waals surface area contributed by atoms with Crippen LogP contribution in [0.1, 0.15) is 0 Å². The summed E-state index contributed by atoms with van der Waals surface area (Å²) >= 11 is 0. The summed E-state index contributed by atoms with van der Waals surface area (Å²) in [6.45, 7) is 0. The van der Waals surface area contributed by atoms with Crippen LogP contribution in [-0.2, 0) is 0 Å². The Morgan fingerprint density at radius 3 is 2.53 bits per heavy atom. The minimum Gasteiger partial charge on any atom is -0.507 e. The van der Waals surface area contributed by atoms with Crippen LogP contribution in [0.25, 0.3) is 11.1 Å². The average Bonchev–Trinajstić information content (AvgIpc) is 2.30. The first kappa shape index (κ1) is 11.1. The quantitative estimate of drug-likeness (QED) is 0.691. The number of nitrogens with two attached hydrogens (primary N) is 2. The Kier molecular flexibility index (Phi) is 2.78. The fraction of sp³-hybridized carbons (Fsp3) is 0.0769. The maximum Gasteiger partial charge on any atom is 0.130 e. The van der Waals surface area contributed by atoms with Crippen LogP contribution in [0.5, 0.6) is 11.5 Å². The van der Waals surface area contributed by atoms with Gasteiger partial charge < -0.3 is 21.3 Å². The van der Waals surface area contributed by atoms with Crippen molar-refractivity contribution in [2.24, 2.45) is 0 Å². The molecule has 2 rings (SSSR count). The summed E-state index contributed by atoms with van der Waals surface area (Å²) in [5.74, 6) is 0.697. The van der Waals surface area contributed by atoms with Crippen molar-refractivity contribution >= 4 is 11.4 Å². The Bertz CT molecular complexity index is 553. The number of methoxy groups -OCH3 is 1. The molecule has 0 unspecified atom stereocenters. The molecule has 0 atom stereocenters. The predicted octanol–water partition coefficient (Wildman–Crippen LogP) is 2.23. The zero-order valence-corrected chi connectivity index (χ0v) is 9.47. The zero-order chi connectivity index (χ0) is 12.4. The molecule has 4 nitrogen and oxygen atoms in total. The average molecular weight is 230 g/mol. The summed E-state index contributed by atoms with van der Waals surface area (Å²) in [4.78, 5) is 0. The SMILES string of the molecule is COc1cccc(O)c1-c1ccc(N)cc1N. The minimum atomic E-state index is 0.126. The van der Waals surface area contributed by atoms with Gasteiger partial charge in [-0.3, -0.25) is 0 Å². The van der Waals surface area contributed by atoms with Gasteiger partial charge in [0.2, 0.25) is 0 Å². The van der Waals surface area contributed by atoms with Crippen LogP contribution in [-0.4, -0.2) is 12.2 Å². The van der Waals surface area contributed by atoms with E-state index in [4.69, 9.17) is 16.2 Å². The summed E-state index contributed by atoms with van der Waals surface area (Å²) in [6.07, 6.45) is 0. The molecule has 2 aromatic rings. The second-order valence-electron chi connectivity index (χ2n) is 3.70. The van der Waals surface area contributed by atoms with Crippen molar-refractivity contribution in [1.82, 2.24) is 0 Å². The number of rotatable bonds is 2. The molecule has 0 fully saturated rings. The third-order valence-corrected chi connectivity index (χ3v) is 2.57. The minimum absolute atomic E-state index is 0.126. The van der Waals surface area contributed by atoms with Gasteiger partial charge in [0.25, 0.3) is 0 Å². The molecule has 0 heterocycles. The molecule has 0 saturated carbocycles. The summed E-state index contributed by atoms with van der Waals surface area (Å²) in [6, 6.07) is 10.2. The number of phenolic OH excluding ortho intramolecular Hbond substituents is 1. The lowest BCUT2D eigenvalue weighted by Gasteiger charge is -2.12. The lowest BCUT2D eigenvalue weighted by atomic mass is 10.0. The maximum absolute atomic E-state index is 9.90. The maximum atomic E-state index is 9.90. The van der Waals surface area contributed by atoms with E-state index in [1.165, 1.54) is 0 Å². The monoisotopic (exact) mass is 230 g/mol. The molecule has 0 aliphatic carbocycles. The van der Waals surface area contributed by atoms with Crippen molar-refractivity contribution in [2.75, 3.05) is 18.6 Å². The smallest absolute Gasteiger partial charge is 0.130 e. The predicted molar refractivity (Wildman–Crippen MR) is 68.9 cm³/mol. The Hall–Kier alpha value is -2.36. The van der Waals surface area contributed by atoms with Gasteiger partial charge in [-0.05, 0) is 30.3 Å². The van der Waals surface area contributed by atoms with E-state index in [9.17, 15) is 5.11 Å². The second-order valence-corrected chi connectivity index (χ2v) is 3.70. The molecule has 0 saturated heterocycles. The van der Waals surface area contributed by atoms with Crippen molar-refractivity contribution in [1.29, 1.82) is 0 Å². The molecule has 0 spiro atoms. The first-order valence-corrected chi connectivity index (χ1v) is 5.15. The van der Waals surface area contributed by atoms with Crippen molar-refractivity contribution < 1.29 is 9.84 Å². The summed E-state index contributed by atoms with van der Waals surface area (Å²) < 4.78 is 5.22. The molecule has 17 heavy (non-hydrogen) atoms. The second kappa shape index (κ2) is 4.25. The Labute approximate surface area is 99.4 Å². The molecule has 0 amide bonds. The third-order valence-electron chi connectivity index (χ3n) is 2.57. The van der Waals surface area contributed by atoms with Gasteiger partial charge in [0.15, 0.2) is 0 Å². The van der Waals surface area contributed by atoms with Gasteiger partial charge in [-0.15, -0.1) is 0 Å². The van der Waals surface area contributed by atoms with Gasteiger partial charge in [0.05, 0.1) is 12.7 Å². The lowest BCUT2D eigenvalue weighted by molar-refractivity contribution is 0.410. The number of benzene rings is 2. The fourth-order valence-electron chi connectivity index (χ4n) is 1.77. The van der Waals surface area contributed by atoms with Gasteiger partial charge >= 0.3 is 0 Å². The first-order chi connectivity index (χ1) is 8.13. The van der Waals surface area contributed by atoms with Crippen molar-refractivity contribution in [3.63, 3.8) is 0 Å². The van der Waals surface area contributed by atoms with Crippen molar-refractivity contribution in [3.8, 4) is 22.6 Å². The molecule has 0 bridgehead atoms. The molecule has 88 valence electrons. The van der Waals surface area contributed by atoms with Crippen LogP contribution in [0.3, 0.4) is 0 Å². The highest BCUT2D eigenvalue weighted by Gasteiger charge is 2.13. The summed E-state index contributed by atoms with van der Waals surface area (Å²) in [7, 11) is 1.55. The normalized spacial score (nSPS) is 10.2. The molecule has 0 aliphatic heterocycles. The van der Waals surface area contributed by atoms with E-state index < -0.39 is 0 Å². The first-order valence-electron chi connectivity index (χ1n) is 5.15. The molecular formula is C13H14N2O2. The van der Waals surface area contributed by atoms with Gasteiger partial charge in [0.1, 0.15) is 11.5 Å². The van der Waals surface area contributed by atoms with E-state index >= 15 is 0 Å². The number of aromatic hydroxyl groups is 1. The zero-order valence-electron chi connectivity index (χ0n) is 9.47. The molecule has 2 aromatic carbocycles. The Morgan fingerprint density at radius 1 is 1.12 bits per heavy atom. The summed E-state index contributed by atoms with van der Waals surface area (Å²) in [5, 5.41) is 9.90. The molecule has 0 radical (unpaired) electrons. The lowest BCUT2D eigenvalue weighted by Crippen LogP contribution is -1.95. The highest BCUT2D eigenvalue weighted by Crippen LogP contribution is 2.40. The van der Waals surface area contributed by atoms with Gasteiger partial charge in [-0.25, -0.2) is 0 Å². The number of hydrogen-bond acceptors (Lipinski definition) is 4. The van der Waals surface area contributed by atoms with Crippen LogP contribution < -0.4 is 16.2 Å². The van der Waals surface area contributed by atoms with Crippen LogP contribution in [0.15, 0.2) is 36.4 Å². The van der Waals surface area contributed by atoms with Crippen LogP contribution in [0.2, 0.25) is 0 Å². The summed E-state index contributed by atoms with van der Waals surface area (Å²) in [5.41, 5.74) is 13.9. The molecule has 5 N–H and O–H groups in total. The van der Waals surface area contributed by atoms with E-state index in [0.717, 1.165) is 0 Å². The standard InChI is InChI=1S/C13H14N2O2/c1-17-12-4-2-3-11(16)13(12)9-6-5-8(14)7-10(9)15/h2-7,16H,14-15H2,1H3. The van der Waals surface area contributed by atoms with Gasteiger partial charge in [0, 0.05) is 16.9 Å². The highest BCUT2D eigenvalue weighted by atomic mass is 16.5. The molecular weight excluding hydrogens is 216 g/mol. The van der Waals surface area contributed by atoms with Gasteiger partial charge in [-0.2, -0.15) is 0 Å². The van der Waals surface area contributed by atoms with E-state index in [1.807, 2.05) is 0 Å². The largest absolute Gasteiger partial charge is 0.507 e. The van der Waals surface area contributed by atoms with E-state index in [1.54, 1.807) is 43.5 Å². The topological polar surface area (TPSA) is 81.5 Å². The highest BCUT2D eigenvalue weighted by molar-refractivity contribution is 5.85. The Morgan fingerprint density at radius 2 is 1.88 bits per heavy atom. The third kappa shape index (κ3) is 1.97. The fourth-order valence-corrected chi connectivity index (χ4v) is 1.77. The van der Waals surface area contributed by atoms with Crippen molar-refractivity contribution in [2.45, 2.75) is 0 Å².